The van der Waals surface area contributed by atoms with Gasteiger partial charge in [-0.15, -0.1) is 0 Å². The number of nitrogens with two attached hydrogens (primary N) is 1. The SMILES string of the molecule is CC1Cc2cscc2C1(N)C(=O)O. The fourth-order valence-corrected chi connectivity index (χ4v) is 2.86. The topological polar surface area (TPSA) is 63.3 Å². The van der Waals surface area contributed by atoms with Gasteiger partial charge < -0.3 is 10.8 Å². The Bertz CT molecular complexity index is 360. The van der Waals surface area contributed by atoms with Crippen molar-refractivity contribution in [3.05, 3.63) is 21.9 Å². The van der Waals surface area contributed by atoms with Gasteiger partial charge in [-0.25, -0.2) is 4.79 Å². The molecule has 0 saturated heterocycles. The molecule has 0 fully saturated rings. The number of carbonyl (C=O) groups is 1. The molecule has 2 atom stereocenters. The maximum atomic E-state index is 11.1. The molecule has 2 rings (SSSR count). The molecule has 4 heteroatoms. The van der Waals surface area contributed by atoms with Crippen LogP contribution in [0.4, 0.5) is 0 Å². The van der Waals surface area contributed by atoms with Gasteiger partial charge in [0.05, 0.1) is 0 Å². The minimum atomic E-state index is -1.16. The van der Waals surface area contributed by atoms with E-state index in [0.717, 1.165) is 17.5 Å². The van der Waals surface area contributed by atoms with E-state index in [-0.39, 0.29) is 5.92 Å². The number of carboxylic acids is 1. The highest BCUT2D eigenvalue weighted by atomic mass is 32.1. The zero-order valence-corrected chi connectivity index (χ0v) is 8.10. The average molecular weight is 197 g/mol. The molecule has 1 aliphatic rings. The van der Waals surface area contributed by atoms with E-state index in [2.05, 4.69) is 0 Å². The van der Waals surface area contributed by atoms with Gasteiger partial charge in [0.1, 0.15) is 5.54 Å². The van der Waals surface area contributed by atoms with Crippen LogP contribution in [0, 0.1) is 5.92 Å². The van der Waals surface area contributed by atoms with E-state index in [1.165, 1.54) is 11.3 Å². The Hall–Kier alpha value is -0.870. The Kier molecular flexibility index (Phi) is 1.72. The highest BCUT2D eigenvalue weighted by molar-refractivity contribution is 7.08. The fraction of sp³-hybridized carbons (Fsp3) is 0.444. The van der Waals surface area contributed by atoms with Crippen LogP contribution in [0.5, 0.6) is 0 Å². The van der Waals surface area contributed by atoms with Gasteiger partial charge in [-0.05, 0) is 34.2 Å². The molecular formula is C9H11NO2S. The molecule has 0 spiro atoms. The summed E-state index contributed by atoms with van der Waals surface area (Å²) in [6, 6.07) is 0. The van der Waals surface area contributed by atoms with Crippen LogP contribution < -0.4 is 5.73 Å². The zero-order chi connectivity index (χ0) is 9.64. The van der Waals surface area contributed by atoms with E-state index in [1.807, 2.05) is 17.7 Å². The van der Waals surface area contributed by atoms with Crippen LogP contribution in [0.2, 0.25) is 0 Å². The first-order valence-electron chi connectivity index (χ1n) is 4.14. The minimum Gasteiger partial charge on any atom is -0.480 e. The number of aliphatic carboxylic acids is 1. The lowest BCUT2D eigenvalue weighted by molar-refractivity contribution is -0.145. The molecule has 0 aromatic carbocycles. The third-order valence-corrected chi connectivity index (χ3v) is 3.64. The predicted octanol–water partition coefficient (Wildman–Crippen LogP) is 1.18. The fourth-order valence-electron chi connectivity index (χ4n) is 1.93. The molecule has 2 unspecified atom stereocenters. The maximum absolute atomic E-state index is 11.1. The first-order valence-corrected chi connectivity index (χ1v) is 5.09. The van der Waals surface area contributed by atoms with Crippen LogP contribution in [0.3, 0.4) is 0 Å². The van der Waals surface area contributed by atoms with Crippen LogP contribution in [0.15, 0.2) is 10.8 Å². The van der Waals surface area contributed by atoms with Gasteiger partial charge in [-0.2, -0.15) is 11.3 Å². The molecule has 0 amide bonds. The van der Waals surface area contributed by atoms with Crippen LogP contribution in [0.25, 0.3) is 0 Å². The third-order valence-electron chi connectivity index (χ3n) is 2.85. The molecule has 13 heavy (non-hydrogen) atoms. The van der Waals surface area contributed by atoms with E-state index in [1.54, 1.807) is 0 Å². The smallest absolute Gasteiger partial charge is 0.328 e. The molecule has 1 heterocycles. The van der Waals surface area contributed by atoms with E-state index in [0.29, 0.717) is 0 Å². The summed E-state index contributed by atoms with van der Waals surface area (Å²) in [4.78, 5) is 11.1. The van der Waals surface area contributed by atoms with Gasteiger partial charge >= 0.3 is 5.97 Å². The summed E-state index contributed by atoms with van der Waals surface area (Å²) in [5, 5.41) is 12.9. The lowest BCUT2D eigenvalue weighted by Crippen LogP contribution is -2.47. The molecule has 0 radical (unpaired) electrons. The summed E-state index contributed by atoms with van der Waals surface area (Å²) in [6.07, 6.45) is 0.779. The standard InChI is InChI=1S/C9H11NO2S/c1-5-2-6-3-13-4-7(6)9(5,10)8(11)12/h3-5H,2,10H2,1H3,(H,11,12). The van der Waals surface area contributed by atoms with Crippen LogP contribution in [-0.4, -0.2) is 11.1 Å². The molecular weight excluding hydrogens is 186 g/mol. The molecule has 3 nitrogen and oxygen atoms in total. The largest absolute Gasteiger partial charge is 0.480 e. The van der Waals surface area contributed by atoms with Crippen LogP contribution >= 0.6 is 11.3 Å². The summed E-state index contributed by atoms with van der Waals surface area (Å²) < 4.78 is 0. The lowest BCUT2D eigenvalue weighted by Gasteiger charge is -2.24. The third kappa shape index (κ3) is 0.957. The summed E-state index contributed by atoms with van der Waals surface area (Å²) >= 11 is 1.52. The number of hydrogen-bond donors (Lipinski definition) is 2. The Morgan fingerprint density at radius 1 is 1.77 bits per heavy atom. The van der Waals surface area contributed by atoms with E-state index in [9.17, 15) is 4.79 Å². The summed E-state index contributed by atoms with van der Waals surface area (Å²) in [5.41, 5.74) is 6.65. The first-order chi connectivity index (χ1) is 6.06. The van der Waals surface area contributed by atoms with Crippen molar-refractivity contribution in [2.24, 2.45) is 11.7 Å². The quantitative estimate of drug-likeness (QED) is 0.710. The molecule has 0 aliphatic heterocycles. The number of fused-ring (bicyclic) bond motifs is 1. The van der Waals surface area contributed by atoms with Gasteiger partial charge in [-0.1, -0.05) is 6.92 Å². The van der Waals surface area contributed by atoms with Gasteiger partial charge in [-0.3, -0.25) is 0 Å². The van der Waals surface area contributed by atoms with Crippen molar-refractivity contribution in [3.8, 4) is 0 Å². The molecule has 70 valence electrons. The van der Waals surface area contributed by atoms with Gasteiger partial charge in [0.25, 0.3) is 0 Å². The molecule has 3 N–H and O–H groups in total. The highest BCUT2D eigenvalue weighted by Crippen LogP contribution is 2.41. The number of rotatable bonds is 1. The normalized spacial score (nSPS) is 31.7. The molecule has 1 aliphatic carbocycles. The van der Waals surface area contributed by atoms with Crippen LogP contribution in [0.1, 0.15) is 18.1 Å². The first kappa shape index (κ1) is 8.72. The Morgan fingerprint density at radius 3 is 3.08 bits per heavy atom. The summed E-state index contributed by atoms with van der Waals surface area (Å²) in [7, 11) is 0. The van der Waals surface area contributed by atoms with Crippen molar-refractivity contribution in [2.75, 3.05) is 0 Å². The number of thiophene rings is 1. The van der Waals surface area contributed by atoms with Crippen LogP contribution in [-0.2, 0) is 16.8 Å². The minimum absolute atomic E-state index is 0.0107. The molecule has 0 saturated carbocycles. The Labute approximate surface area is 80.2 Å². The van der Waals surface area contributed by atoms with Crippen molar-refractivity contribution < 1.29 is 9.90 Å². The molecule has 1 aromatic rings. The van der Waals surface area contributed by atoms with Gasteiger partial charge in [0.15, 0.2) is 0 Å². The second-order valence-electron chi connectivity index (χ2n) is 3.59. The van der Waals surface area contributed by atoms with Gasteiger partial charge in [0, 0.05) is 0 Å². The van der Waals surface area contributed by atoms with E-state index >= 15 is 0 Å². The van der Waals surface area contributed by atoms with Crippen molar-refractivity contribution >= 4 is 17.3 Å². The monoisotopic (exact) mass is 197 g/mol. The zero-order valence-electron chi connectivity index (χ0n) is 7.28. The number of hydrogen-bond acceptors (Lipinski definition) is 3. The summed E-state index contributed by atoms with van der Waals surface area (Å²) in [6.45, 7) is 1.89. The Balaban J connectivity index is 2.56. The Morgan fingerprint density at radius 2 is 2.46 bits per heavy atom. The second kappa shape index (κ2) is 2.56. The molecule has 1 aromatic heterocycles. The van der Waals surface area contributed by atoms with E-state index < -0.39 is 11.5 Å². The van der Waals surface area contributed by atoms with Crippen molar-refractivity contribution in [3.63, 3.8) is 0 Å². The van der Waals surface area contributed by atoms with Crippen molar-refractivity contribution in [2.45, 2.75) is 18.9 Å². The lowest BCUT2D eigenvalue weighted by atomic mass is 9.87. The van der Waals surface area contributed by atoms with Crippen molar-refractivity contribution in [1.82, 2.24) is 0 Å². The van der Waals surface area contributed by atoms with Crippen molar-refractivity contribution in [1.29, 1.82) is 0 Å². The van der Waals surface area contributed by atoms with E-state index in [4.69, 9.17) is 10.8 Å². The average Bonchev–Trinajstić information content (AvgIpc) is 2.57. The van der Waals surface area contributed by atoms with Gasteiger partial charge in [0.2, 0.25) is 0 Å². The number of carboxylic acid groups (broad SMARTS) is 1. The predicted molar refractivity (Wildman–Crippen MR) is 50.7 cm³/mol. The maximum Gasteiger partial charge on any atom is 0.328 e. The second-order valence-corrected chi connectivity index (χ2v) is 4.33. The summed E-state index contributed by atoms with van der Waals surface area (Å²) in [5.74, 6) is -0.930. The highest BCUT2D eigenvalue weighted by Gasteiger charge is 2.48. The molecule has 0 bridgehead atoms.